The number of likely N-dealkylation sites (N-methyl/N-ethyl adjacent to an activating group) is 1. The van der Waals surface area contributed by atoms with Crippen molar-refractivity contribution in [2.24, 2.45) is 0 Å². The molecule has 0 saturated carbocycles. The number of carboxylic acid groups (broad SMARTS) is 1. The molecule has 86 valence electrons. The monoisotopic (exact) mass is 212 g/mol. The van der Waals surface area contributed by atoms with Gasteiger partial charge in [0.2, 0.25) is 0 Å². The van der Waals surface area contributed by atoms with Gasteiger partial charge >= 0.3 is 5.97 Å². The van der Waals surface area contributed by atoms with E-state index in [-0.39, 0.29) is 0 Å². The lowest BCUT2D eigenvalue weighted by Crippen LogP contribution is -2.36. The molecule has 0 aromatic rings. The molecule has 0 bridgehead atoms. The van der Waals surface area contributed by atoms with Gasteiger partial charge in [0.25, 0.3) is 0 Å². The smallest absolute Gasteiger partial charge is 0.329 e. The van der Waals surface area contributed by atoms with Crippen molar-refractivity contribution < 1.29 is 9.90 Å². The molecular weight excluding hydrogens is 192 g/mol. The van der Waals surface area contributed by atoms with E-state index < -0.39 is 5.97 Å². The van der Waals surface area contributed by atoms with E-state index >= 15 is 0 Å². The Morgan fingerprint density at radius 3 is 2.87 bits per heavy atom. The fraction of sp³-hybridized carbons (Fsp3) is 0.727. The number of rotatable bonds is 3. The van der Waals surface area contributed by atoms with Gasteiger partial charge in [0, 0.05) is 31.4 Å². The molecule has 1 rings (SSSR count). The molecule has 1 unspecified atom stereocenters. The van der Waals surface area contributed by atoms with Crippen molar-refractivity contribution in [1.82, 2.24) is 9.80 Å². The second-order valence-electron chi connectivity index (χ2n) is 4.07. The second-order valence-corrected chi connectivity index (χ2v) is 4.07. The highest BCUT2D eigenvalue weighted by Gasteiger charge is 2.19. The number of carboxylic acids is 1. The number of nitrogens with zero attached hydrogens (tertiary/aromatic N) is 2. The van der Waals surface area contributed by atoms with Crippen LogP contribution in [0.1, 0.15) is 19.8 Å². The van der Waals surface area contributed by atoms with Gasteiger partial charge in [-0.05, 0) is 26.4 Å². The maximum atomic E-state index is 10.5. The highest BCUT2D eigenvalue weighted by Crippen LogP contribution is 2.12. The predicted octanol–water partition coefficient (Wildman–Crippen LogP) is 1.00. The van der Waals surface area contributed by atoms with Gasteiger partial charge in [-0.25, -0.2) is 4.79 Å². The summed E-state index contributed by atoms with van der Waals surface area (Å²) in [6, 6.07) is 0.438. The topological polar surface area (TPSA) is 43.8 Å². The van der Waals surface area contributed by atoms with Crippen molar-refractivity contribution in [1.29, 1.82) is 0 Å². The Labute approximate surface area is 91.2 Å². The van der Waals surface area contributed by atoms with E-state index in [1.807, 2.05) is 0 Å². The lowest BCUT2D eigenvalue weighted by molar-refractivity contribution is -0.131. The van der Waals surface area contributed by atoms with Gasteiger partial charge in [-0.15, -0.1) is 0 Å². The minimum Gasteiger partial charge on any atom is -0.478 e. The number of carbonyl (C=O) groups is 1. The van der Waals surface area contributed by atoms with Crippen LogP contribution in [0.2, 0.25) is 0 Å². The molecule has 1 N–H and O–H groups in total. The van der Waals surface area contributed by atoms with Gasteiger partial charge in [0.1, 0.15) is 0 Å². The quantitative estimate of drug-likeness (QED) is 0.709. The first-order chi connectivity index (χ1) is 7.13. The normalized spacial score (nSPS) is 24.4. The molecule has 1 heterocycles. The predicted molar refractivity (Wildman–Crippen MR) is 59.7 cm³/mol. The molecule has 1 saturated heterocycles. The molecule has 0 aromatic carbocycles. The lowest BCUT2D eigenvalue weighted by atomic mass is 10.2. The van der Waals surface area contributed by atoms with Crippen LogP contribution in [-0.2, 0) is 4.79 Å². The first-order valence-corrected chi connectivity index (χ1v) is 5.49. The van der Waals surface area contributed by atoms with Crippen molar-refractivity contribution >= 4 is 5.97 Å². The summed E-state index contributed by atoms with van der Waals surface area (Å²) in [6.07, 6.45) is 5.09. The zero-order valence-electron chi connectivity index (χ0n) is 9.52. The van der Waals surface area contributed by atoms with Crippen molar-refractivity contribution in [2.75, 3.05) is 26.7 Å². The molecule has 0 aromatic heterocycles. The van der Waals surface area contributed by atoms with Crippen LogP contribution in [0.4, 0.5) is 0 Å². The standard InChI is InChI=1S/C11H20N2O2/c1-3-10-9-12(2)6-4-7-13(10)8-5-11(14)15/h5,8,10H,3-4,6-7,9H2,1-2H3,(H,14,15)/b8-5+. The maximum absolute atomic E-state index is 10.5. The summed E-state index contributed by atoms with van der Waals surface area (Å²) >= 11 is 0. The summed E-state index contributed by atoms with van der Waals surface area (Å²) in [5, 5.41) is 8.60. The minimum atomic E-state index is -0.873. The third-order valence-corrected chi connectivity index (χ3v) is 2.83. The van der Waals surface area contributed by atoms with Crippen molar-refractivity contribution in [3.05, 3.63) is 12.3 Å². The fourth-order valence-corrected chi connectivity index (χ4v) is 1.98. The summed E-state index contributed by atoms with van der Waals surface area (Å²) in [7, 11) is 2.12. The van der Waals surface area contributed by atoms with Crippen LogP contribution in [0.5, 0.6) is 0 Å². The molecule has 1 aliphatic heterocycles. The van der Waals surface area contributed by atoms with E-state index in [1.54, 1.807) is 6.20 Å². The van der Waals surface area contributed by atoms with Crippen LogP contribution in [-0.4, -0.2) is 53.6 Å². The molecular formula is C11H20N2O2. The molecule has 0 radical (unpaired) electrons. The fourth-order valence-electron chi connectivity index (χ4n) is 1.98. The van der Waals surface area contributed by atoms with Gasteiger partial charge in [-0.3, -0.25) is 0 Å². The lowest BCUT2D eigenvalue weighted by Gasteiger charge is -2.28. The third kappa shape index (κ3) is 3.91. The van der Waals surface area contributed by atoms with Gasteiger partial charge in [-0.1, -0.05) is 6.92 Å². The van der Waals surface area contributed by atoms with Crippen LogP contribution in [0, 0.1) is 0 Å². The zero-order valence-corrected chi connectivity index (χ0v) is 9.52. The van der Waals surface area contributed by atoms with E-state index in [2.05, 4.69) is 23.8 Å². The minimum absolute atomic E-state index is 0.438. The number of hydrogen-bond donors (Lipinski definition) is 1. The highest BCUT2D eigenvalue weighted by molar-refractivity contribution is 5.79. The van der Waals surface area contributed by atoms with E-state index in [1.165, 1.54) is 6.08 Å². The average Bonchev–Trinajstić information content (AvgIpc) is 2.36. The summed E-state index contributed by atoms with van der Waals surface area (Å²) in [5.74, 6) is -0.873. The average molecular weight is 212 g/mol. The first kappa shape index (κ1) is 12.0. The molecule has 0 spiro atoms. The van der Waals surface area contributed by atoms with E-state index in [9.17, 15) is 4.79 Å². The van der Waals surface area contributed by atoms with Crippen LogP contribution in [0.15, 0.2) is 12.3 Å². The molecule has 0 aliphatic carbocycles. The Morgan fingerprint density at radius 2 is 2.27 bits per heavy atom. The van der Waals surface area contributed by atoms with Crippen molar-refractivity contribution in [2.45, 2.75) is 25.8 Å². The molecule has 0 amide bonds. The van der Waals surface area contributed by atoms with Crippen LogP contribution < -0.4 is 0 Å². The first-order valence-electron chi connectivity index (χ1n) is 5.49. The Balaban J connectivity index is 2.62. The van der Waals surface area contributed by atoms with Crippen molar-refractivity contribution in [3.8, 4) is 0 Å². The van der Waals surface area contributed by atoms with Crippen LogP contribution in [0.25, 0.3) is 0 Å². The Morgan fingerprint density at radius 1 is 1.53 bits per heavy atom. The zero-order chi connectivity index (χ0) is 11.3. The van der Waals surface area contributed by atoms with Crippen LogP contribution in [0.3, 0.4) is 0 Å². The summed E-state index contributed by atoms with van der Waals surface area (Å²) in [5.41, 5.74) is 0. The van der Waals surface area contributed by atoms with Gasteiger partial charge in [0.15, 0.2) is 0 Å². The van der Waals surface area contributed by atoms with E-state index in [0.717, 1.165) is 32.5 Å². The number of aliphatic carboxylic acids is 1. The van der Waals surface area contributed by atoms with Crippen molar-refractivity contribution in [3.63, 3.8) is 0 Å². The molecule has 1 aliphatic rings. The van der Waals surface area contributed by atoms with Gasteiger partial charge < -0.3 is 14.9 Å². The molecule has 15 heavy (non-hydrogen) atoms. The van der Waals surface area contributed by atoms with Gasteiger partial charge in [0.05, 0.1) is 0 Å². The third-order valence-electron chi connectivity index (χ3n) is 2.83. The maximum Gasteiger partial charge on any atom is 0.329 e. The summed E-state index contributed by atoms with van der Waals surface area (Å²) in [4.78, 5) is 14.9. The largest absolute Gasteiger partial charge is 0.478 e. The SMILES string of the molecule is CCC1CN(C)CCCN1/C=C/C(=O)O. The highest BCUT2D eigenvalue weighted by atomic mass is 16.4. The second kappa shape index (κ2) is 5.75. The Bertz CT molecular complexity index is 241. The molecule has 4 heteroatoms. The Hall–Kier alpha value is -1.03. The summed E-state index contributed by atoms with van der Waals surface area (Å²) in [6.45, 7) is 5.20. The van der Waals surface area contributed by atoms with Crippen LogP contribution >= 0.6 is 0 Å². The summed E-state index contributed by atoms with van der Waals surface area (Å²) < 4.78 is 0. The van der Waals surface area contributed by atoms with E-state index in [0.29, 0.717) is 6.04 Å². The van der Waals surface area contributed by atoms with E-state index in [4.69, 9.17) is 5.11 Å². The molecule has 4 nitrogen and oxygen atoms in total. The number of hydrogen-bond acceptors (Lipinski definition) is 3. The molecule has 1 fully saturated rings. The van der Waals surface area contributed by atoms with Gasteiger partial charge in [-0.2, -0.15) is 0 Å². The molecule has 1 atom stereocenters. The Kier molecular flexibility index (Phi) is 4.62.